The van der Waals surface area contributed by atoms with Crippen LogP contribution in [-0.4, -0.2) is 72.7 Å². The van der Waals surface area contributed by atoms with Crippen LogP contribution < -0.4 is 0 Å². The molecule has 1 spiro atoms. The zero-order chi connectivity index (χ0) is 18.4. The SMILES string of the molecule is O=C1c2ccccc2C2(CC2)CN1CN1CCN(CCC(F)(F)F)CC1. The molecule has 0 aromatic heterocycles. The molecule has 1 amide bonds. The number of benzene rings is 1. The first-order valence-electron chi connectivity index (χ1n) is 9.27. The highest BCUT2D eigenvalue weighted by Crippen LogP contribution is 2.52. The van der Waals surface area contributed by atoms with Gasteiger partial charge < -0.3 is 9.80 Å². The summed E-state index contributed by atoms with van der Waals surface area (Å²) in [7, 11) is 0. The van der Waals surface area contributed by atoms with E-state index < -0.39 is 12.6 Å². The van der Waals surface area contributed by atoms with Crippen LogP contribution in [0.4, 0.5) is 13.2 Å². The maximum Gasteiger partial charge on any atom is 0.390 e. The van der Waals surface area contributed by atoms with Crippen molar-refractivity contribution in [3.05, 3.63) is 35.4 Å². The molecule has 7 heteroatoms. The molecule has 0 N–H and O–H groups in total. The van der Waals surface area contributed by atoms with E-state index in [1.54, 1.807) is 0 Å². The Bertz CT molecular complexity index is 679. The molecule has 4 rings (SSSR count). The molecule has 3 aliphatic rings. The van der Waals surface area contributed by atoms with Crippen molar-refractivity contribution >= 4 is 5.91 Å². The number of fused-ring (bicyclic) bond motifs is 2. The van der Waals surface area contributed by atoms with Crippen molar-refractivity contribution in [3.8, 4) is 0 Å². The molecule has 1 saturated heterocycles. The average molecular weight is 367 g/mol. The molecule has 1 aromatic rings. The van der Waals surface area contributed by atoms with Crippen LogP contribution in [0.1, 0.15) is 35.2 Å². The Hall–Kier alpha value is -1.60. The van der Waals surface area contributed by atoms with E-state index in [1.165, 1.54) is 5.56 Å². The second kappa shape index (κ2) is 6.53. The number of hydrogen-bond donors (Lipinski definition) is 0. The molecule has 0 radical (unpaired) electrons. The van der Waals surface area contributed by atoms with Crippen molar-refractivity contribution in [2.24, 2.45) is 0 Å². The van der Waals surface area contributed by atoms with Gasteiger partial charge in [0.15, 0.2) is 0 Å². The van der Waals surface area contributed by atoms with E-state index >= 15 is 0 Å². The van der Waals surface area contributed by atoms with Crippen molar-refractivity contribution < 1.29 is 18.0 Å². The predicted octanol–water partition coefficient (Wildman–Crippen LogP) is 2.70. The van der Waals surface area contributed by atoms with Crippen molar-refractivity contribution in [1.29, 1.82) is 0 Å². The third-order valence-corrected chi connectivity index (χ3v) is 5.91. The summed E-state index contributed by atoms with van der Waals surface area (Å²) in [5, 5.41) is 0. The van der Waals surface area contributed by atoms with Gasteiger partial charge in [0.1, 0.15) is 0 Å². The summed E-state index contributed by atoms with van der Waals surface area (Å²) < 4.78 is 37.1. The Morgan fingerprint density at radius 1 is 1.00 bits per heavy atom. The van der Waals surface area contributed by atoms with Crippen molar-refractivity contribution in [2.75, 3.05) is 45.9 Å². The fourth-order valence-corrected chi connectivity index (χ4v) is 4.20. The quantitative estimate of drug-likeness (QED) is 0.819. The molecule has 0 unspecified atom stereocenters. The molecule has 2 heterocycles. The molecule has 1 aromatic carbocycles. The number of amides is 1. The smallest absolute Gasteiger partial charge is 0.325 e. The monoisotopic (exact) mass is 367 g/mol. The van der Waals surface area contributed by atoms with Crippen LogP contribution in [0, 0.1) is 0 Å². The topological polar surface area (TPSA) is 26.8 Å². The summed E-state index contributed by atoms with van der Waals surface area (Å²) >= 11 is 0. The van der Waals surface area contributed by atoms with E-state index in [0.29, 0.717) is 32.8 Å². The highest BCUT2D eigenvalue weighted by atomic mass is 19.4. The average Bonchev–Trinajstić information content (AvgIpc) is 3.39. The third kappa shape index (κ3) is 3.60. The summed E-state index contributed by atoms with van der Waals surface area (Å²) in [6.45, 7) is 4.06. The van der Waals surface area contributed by atoms with E-state index in [-0.39, 0.29) is 17.9 Å². The Labute approximate surface area is 151 Å². The van der Waals surface area contributed by atoms with Gasteiger partial charge in [0, 0.05) is 50.2 Å². The largest absolute Gasteiger partial charge is 0.390 e. The maximum atomic E-state index is 12.8. The number of carbonyl (C=O) groups is 1. The van der Waals surface area contributed by atoms with Crippen LogP contribution in [0.3, 0.4) is 0 Å². The number of piperazine rings is 1. The first kappa shape index (κ1) is 17.8. The van der Waals surface area contributed by atoms with E-state index in [1.807, 2.05) is 28.0 Å². The van der Waals surface area contributed by atoms with Crippen LogP contribution >= 0.6 is 0 Å². The molecule has 4 nitrogen and oxygen atoms in total. The van der Waals surface area contributed by atoms with Crippen LogP contribution in [0.25, 0.3) is 0 Å². The van der Waals surface area contributed by atoms with E-state index in [4.69, 9.17) is 0 Å². The molecular weight excluding hydrogens is 343 g/mol. The lowest BCUT2D eigenvalue weighted by Gasteiger charge is -2.41. The summed E-state index contributed by atoms with van der Waals surface area (Å²) in [5.74, 6) is 0.0811. The number of rotatable bonds is 4. The Kier molecular flexibility index (Phi) is 4.47. The van der Waals surface area contributed by atoms with Crippen LogP contribution in [0.5, 0.6) is 0 Å². The van der Waals surface area contributed by atoms with E-state index in [2.05, 4.69) is 11.0 Å². The highest BCUT2D eigenvalue weighted by Gasteiger charge is 2.51. The van der Waals surface area contributed by atoms with Crippen LogP contribution in [-0.2, 0) is 5.41 Å². The standard InChI is InChI=1S/C19H24F3N3O/c20-19(21,22)7-8-23-9-11-24(12-10-23)14-25-13-18(5-6-18)16-4-2-1-3-15(16)17(25)26/h1-4H,5-14H2. The molecule has 26 heavy (non-hydrogen) atoms. The number of carbonyl (C=O) groups excluding carboxylic acids is 1. The predicted molar refractivity (Wildman–Crippen MR) is 91.9 cm³/mol. The van der Waals surface area contributed by atoms with Gasteiger partial charge in [-0.1, -0.05) is 18.2 Å². The second-order valence-electron chi connectivity index (χ2n) is 7.80. The molecule has 1 aliphatic carbocycles. The molecule has 1 saturated carbocycles. The molecule has 2 fully saturated rings. The molecule has 2 aliphatic heterocycles. The maximum absolute atomic E-state index is 12.8. The molecular formula is C19H24F3N3O. The van der Waals surface area contributed by atoms with Gasteiger partial charge in [0.2, 0.25) is 0 Å². The Morgan fingerprint density at radius 2 is 1.65 bits per heavy atom. The second-order valence-corrected chi connectivity index (χ2v) is 7.80. The minimum absolute atomic E-state index is 0.0659. The van der Waals surface area contributed by atoms with Gasteiger partial charge in [-0.25, -0.2) is 0 Å². The zero-order valence-corrected chi connectivity index (χ0v) is 14.8. The number of nitrogens with zero attached hydrogens (tertiary/aromatic N) is 3. The number of hydrogen-bond acceptors (Lipinski definition) is 3. The Balaban J connectivity index is 1.34. The molecule has 142 valence electrons. The minimum Gasteiger partial charge on any atom is -0.325 e. The van der Waals surface area contributed by atoms with Gasteiger partial charge in [-0.05, 0) is 24.5 Å². The van der Waals surface area contributed by atoms with E-state index in [0.717, 1.165) is 24.9 Å². The first-order valence-corrected chi connectivity index (χ1v) is 9.27. The van der Waals surface area contributed by atoms with Crippen molar-refractivity contribution in [3.63, 3.8) is 0 Å². The summed E-state index contributed by atoms with van der Waals surface area (Å²) in [6, 6.07) is 7.91. The van der Waals surface area contributed by atoms with Gasteiger partial charge in [-0.2, -0.15) is 13.2 Å². The van der Waals surface area contributed by atoms with Gasteiger partial charge in [0.25, 0.3) is 5.91 Å². The lowest BCUT2D eigenvalue weighted by atomic mass is 9.87. The van der Waals surface area contributed by atoms with Crippen LogP contribution in [0.15, 0.2) is 24.3 Å². The molecule has 0 bridgehead atoms. The number of halogens is 3. The fraction of sp³-hybridized carbons (Fsp3) is 0.632. The van der Waals surface area contributed by atoms with Gasteiger partial charge >= 0.3 is 6.18 Å². The Morgan fingerprint density at radius 3 is 2.31 bits per heavy atom. The summed E-state index contributed by atoms with van der Waals surface area (Å²) in [6.07, 6.45) is -2.60. The highest BCUT2D eigenvalue weighted by molar-refractivity contribution is 5.97. The number of alkyl halides is 3. The van der Waals surface area contributed by atoms with Gasteiger partial charge in [0.05, 0.1) is 13.1 Å². The zero-order valence-electron chi connectivity index (χ0n) is 14.8. The summed E-state index contributed by atoms with van der Waals surface area (Å²) in [4.78, 5) is 18.8. The van der Waals surface area contributed by atoms with E-state index in [9.17, 15) is 18.0 Å². The third-order valence-electron chi connectivity index (χ3n) is 5.91. The van der Waals surface area contributed by atoms with Gasteiger partial charge in [-0.3, -0.25) is 9.69 Å². The molecule has 0 atom stereocenters. The fourth-order valence-electron chi connectivity index (χ4n) is 4.20. The minimum atomic E-state index is -4.09. The summed E-state index contributed by atoms with van der Waals surface area (Å²) in [5.41, 5.74) is 2.15. The van der Waals surface area contributed by atoms with Crippen molar-refractivity contribution in [1.82, 2.24) is 14.7 Å². The normalized spacial score (nSPS) is 23.3. The lowest BCUT2D eigenvalue weighted by Crippen LogP contribution is -2.54. The van der Waals surface area contributed by atoms with Crippen LogP contribution in [0.2, 0.25) is 0 Å². The van der Waals surface area contributed by atoms with Gasteiger partial charge in [-0.15, -0.1) is 0 Å². The van der Waals surface area contributed by atoms with Crippen molar-refractivity contribution in [2.45, 2.75) is 30.9 Å². The lowest BCUT2D eigenvalue weighted by molar-refractivity contribution is -0.138. The first-order chi connectivity index (χ1) is 12.4.